The van der Waals surface area contributed by atoms with Crippen molar-refractivity contribution in [3.8, 4) is 0 Å². The van der Waals surface area contributed by atoms with Gasteiger partial charge in [0.15, 0.2) is 0 Å². The Kier molecular flexibility index (Phi) is 4.91. The molecule has 0 saturated carbocycles. The van der Waals surface area contributed by atoms with Gasteiger partial charge in [0.2, 0.25) is 5.91 Å². The van der Waals surface area contributed by atoms with Gasteiger partial charge < -0.3 is 10.6 Å². The zero-order valence-corrected chi connectivity index (χ0v) is 16.7. The quantitative estimate of drug-likeness (QED) is 0.849. The van der Waals surface area contributed by atoms with Crippen LogP contribution in [0.3, 0.4) is 0 Å². The summed E-state index contributed by atoms with van der Waals surface area (Å²) in [6.07, 6.45) is 2.64. The molecule has 1 saturated heterocycles. The molecule has 3 rings (SSSR count). The van der Waals surface area contributed by atoms with E-state index in [4.69, 9.17) is 0 Å². The average Bonchev–Trinajstić information content (AvgIpc) is 2.87. The van der Waals surface area contributed by atoms with Crippen molar-refractivity contribution in [2.24, 2.45) is 5.92 Å². The number of thiazole rings is 1. The number of nitrogens with one attached hydrogen (secondary N) is 2. The maximum Gasteiger partial charge on any atom is 0.220 e. The van der Waals surface area contributed by atoms with Crippen molar-refractivity contribution in [2.75, 3.05) is 0 Å². The number of piperidine rings is 1. The van der Waals surface area contributed by atoms with Crippen LogP contribution in [0.4, 0.5) is 0 Å². The molecular formula is C20H29N3OS. The summed E-state index contributed by atoms with van der Waals surface area (Å²) >= 11 is 1.66. The van der Waals surface area contributed by atoms with Gasteiger partial charge in [0.05, 0.1) is 16.3 Å². The number of hydrogen-bond donors (Lipinski definition) is 2. The Hall–Kier alpha value is -1.46. The van der Waals surface area contributed by atoms with Crippen LogP contribution in [-0.2, 0) is 4.79 Å². The molecule has 1 aliphatic heterocycles. The van der Waals surface area contributed by atoms with Crippen LogP contribution < -0.4 is 10.6 Å². The highest BCUT2D eigenvalue weighted by molar-refractivity contribution is 7.18. The molecular weight excluding hydrogens is 330 g/mol. The number of hydrogen-bond acceptors (Lipinski definition) is 4. The van der Waals surface area contributed by atoms with Crippen molar-refractivity contribution in [3.05, 3.63) is 29.3 Å². The smallest absolute Gasteiger partial charge is 0.220 e. The maximum atomic E-state index is 12.6. The van der Waals surface area contributed by atoms with Gasteiger partial charge in [-0.25, -0.2) is 4.98 Å². The third kappa shape index (κ3) is 4.59. The number of carbonyl (C=O) groups is 1. The number of amides is 1. The highest BCUT2D eigenvalue weighted by atomic mass is 32.1. The fourth-order valence-electron chi connectivity index (χ4n) is 4.38. The molecule has 0 unspecified atom stereocenters. The highest BCUT2D eigenvalue weighted by Gasteiger charge is 2.38. The van der Waals surface area contributed by atoms with Crippen LogP contribution in [0.15, 0.2) is 24.3 Å². The first-order valence-corrected chi connectivity index (χ1v) is 9.89. The molecule has 1 fully saturated rings. The first kappa shape index (κ1) is 18.3. The van der Waals surface area contributed by atoms with Crippen molar-refractivity contribution in [2.45, 2.75) is 71.0 Å². The van der Waals surface area contributed by atoms with Crippen LogP contribution in [0.1, 0.15) is 64.9 Å². The van der Waals surface area contributed by atoms with E-state index in [1.54, 1.807) is 11.3 Å². The minimum absolute atomic E-state index is 0.0485. The van der Waals surface area contributed by atoms with Gasteiger partial charge in [0.25, 0.3) is 0 Å². The summed E-state index contributed by atoms with van der Waals surface area (Å²) in [5.74, 6) is 0.541. The number of benzene rings is 1. The van der Waals surface area contributed by atoms with Gasteiger partial charge in [-0.1, -0.05) is 12.1 Å². The lowest BCUT2D eigenvalue weighted by Gasteiger charge is -2.46. The van der Waals surface area contributed by atoms with Gasteiger partial charge in [-0.2, -0.15) is 0 Å². The Labute approximate surface area is 154 Å². The summed E-state index contributed by atoms with van der Waals surface area (Å²) in [7, 11) is 0. The van der Waals surface area contributed by atoms with Gasteiger partial charge in [-0.05, 0) is 65.5 Å². The zero-order chi connectivity index (χ0) is 18.2. The number of fused-ring (bicyclic) bond motifs is 1. The predicted octanol–water partition coefficient (Wildman–Crippen LogP) is 4.42. The number of rotatable bonds is 4. The number of carbonyl (C=O) groups excluding carboxylic acids is 1. The molecule has 1 aliphatic rings. The minimum Gasteiger partial charge on any atom is -0.347 e. The first-order chi connectivity index (χ1) is 11.6. The van der Waals surface area contributed by atoms with E-state index >= 15 is 0 Å². The molecule has 25 heavy (non-hydrogen) atoms. The second-order valence-corrected chi connectivity index (χ2v) is 9.74. The van der Waals surface area contributed by atoms with Crippen LogP contribution in [0.25, 0.3) is 10.2 Å². The molecule has 1 atom stereocenters. The molecule has 0 spiro atoms. The van der Waals surface area contributed by atoms with Crippen LogP contribution in [0.5, 0.6) is 0 Å². The van der Waals surface area contributed by atoms with E-state index in [1.807, 2.05) is 25.1 Å². The number of para-hydroxylation sites is 1. The van der Waals surface area contributed by atoms with Crippen LogP contribution in [-0.4, -0.2) is 22.0 Å². The standard InChI is InChI=1S/C20H29N3OS/c1-13(18-22-15-8-6-7-9-16(15)25-18)21-17(24)10-14-11-19(2,3)23-20(4,5)12-14/h6-9,13-14,23H,10-12H2,1-5H3,(H,21,24)/t13-/m1/s1. The second kappa shape index (κ2) is 6.69. The molecule has 0 radical (unpaired) electrons. The summed E-state index contributed by atoms with van der Waals surface area (Å²) in [4.78, 5) is 17.2. The normalized spacial score (nSPS) is 21.2. The molecule has 0 aliphatic carbocycles. The molecule has 1 amide bonds. The van der Waals surface area contributed by atoms with Gasteiger partial charge in [0, 0.05) is 17.5 Å². The Morgan fingerprint density at radius 3 is 2.56 bits per heavy atom. The molecule has 136 valence electrons. The van der Waals surface area contributed by atoms with E-state index in [0.717, 1.165) is 23.4 Å². The zero-order valence-electron chi connectivity index (χ0n) is 15.8. The molecule has 2 N–H and O–H groups in total. The largest absolute Gasteiger partial charge is 0.347 e. The van der Waals surface area contributed by atoms with E-state index in [9.17, 15) is 4.79 Å². The number of nitrogens with zero attached hydrogens (tertiary/aromatic N) is 1. The van der Waals surface area contributed by atoms with Crippen molar-refractivity contribution in [1.82, 2.24) is 15.6 Å². The van der Waals surface area contributed by atoms with Crippen molar-refractivity contribution in [3.63, 3.8) is 0 Å². The Balaban J connectivity index is 1.62. The predicted molar refractivity (Wildman–Crippen MR) is 105 cm³/mol. The van der Waals surface area contributed by atoms with Gasteiger partial charge in [-0.15, -0.1) is 11.3 Å². The van der Waals surface area contributed by atoms with Crippen LogP contribution in [0.2, 0.25) is 0 Å². The van der Waals surface area contributed by atoms with Crippen LogP contribution in [0, 0.1) is 5.92 Å². The van der Waals surface area contributed by atoms with Gasteiger partial charge in [-0.3, -0.25) is 4.79 Å². The molecule has 5 heteroatoms. The fraction of sp³-hybridized carbons (Fsp3) is 0.600. The first-order valence-electron chi connectivity index (χ1n) is 9.08. The van der Waals surface area contributed by atoms with Crippen molar-refractivity contribution in [1.29, 1.82) is 0 Å². The minimum atomic E-state index is -0.0485. The lowest BCUT2D eigenvalue weighted by Crippen LogP contribution is -2.58. The fourth-order valence-corrected chi connectivity index (χ4v) is 5.35. The van der Waals surface area contributed by atoms with E-state index in [-0.39, 0.29) is 23.0 Å². The Morgan fingerprint density at radius 2 is 1.92 bits per heavy atom. The third-order valence-electron chi connectivity index (χ3n) is 4.81. The van der Waals surface area contributed by atoms with E-state index in [2.05, 4.69) is 49.4 Å². The summed E-state index contributed by atoms with van der Waals surface area (Å²) in [5.41, 5.74) is 1.15. The topological polar surface area (TPSA) is 54.0 Å². The lowest BCUT2D eigenvalue weighted by atomic mass is 9.74. The third-order valence-corrected chi connectivity index (χ3v) is 6.03. The average molecular weight is 360 g/mol. The van der Waals surface area contributed by atoms with Gasteiger partial charge in [0.1, 0.15) is 5.01 Å². The van der Waals surface area contributed by atoms with Crippen molar-refractivity contribution >= 4 is 27.5 Å². The van der Waals surface area contributed by atoms with E-state index < -0.39 is 0 Å². The number of aromatic nitrogens is 1. The Bertz CT molecular complexity index is 716. The second-order valence-electron chi connectivity index (χ2n) is 8.68. The lowest BCUT2D eigenvalue weighted by molar-refractivity contribution is -0.123. The van der Waals surface area contributed by atoms with Gasteiger partial charge >= 0.3 is 0 Å². The van der Waals surface area contributed by atoms with Crippen molar-refractivity contribution < 1.29 is 4.79 Å². The summed E-state index contributed by atoms with van der Waals surface area (Å²) in [5, 5.41) is 7.80. The Morgan fingerprint density at radius 1 is 1.28 bits per heavy atom. The van der Waals surface area contributed by atoms with E-state index in [1.165, 1.54) is 4.70 Å². The maximum absolute atomic E-state index is 12.6. The monoisotopic (exact) mass is 359 g/mol. The molecule has 1 aromatic carbocycles. The molecule has 2 aromatic rings. The summed E-state index contributed by atoms with van der Waals surface area (Å²) in [6, 6.07) is 8.06. The molecule has 4 nitrogen and oxygen atoms in total. The summed E-state index contributed by atoms with van der Waals surface area (Å²) < 4.78 is 1.17. The summed E-state index contributed by atoms with van der Waals surface area (Å²) in [6.45, 7) is 10.9. The molecule has 2 heterocycles. The molecule has 0 bridgehead atoms. The highest BCUT2D eigenvalue weighted by Crippen LogP contribution is 2.35. The SMILES string of the molecule is C[C@@H](NC(=O)CC1CC(C)(C)NC(C)(C)C1)c1nc2ccccc2s1. The molecule has 1 aromatic heterocycles. The van der Waals surface area contributed by atoms with E-state index in [0.29, 0.717) is 12.3 Å². The van der Waals surface area contributed by atoms with Crippen LogP contribution >= 0.6 is 11.3 Å².